The fourth-order valence-corrected chi connectivity index (χ4v) is 2.08. The van der Waals surface area contributed by atoms with Crippen molar-refractivity contribution in [3.8, 4) is 6.19 Å². The van der Waals surface area contributed by atoms with E-state index in [0.717, 1.165) is 6.08 Å². The summed E-state index contributed by atoms with van der Waals surface area (Å²) < 4.78 is 5.19. The lowest BCUT2D eigenvalue weighted by atomic mass is 9.93. The highest BCUT2D eigenvalue weighted by Crippen LogP contribution is 2.22. The number of aliphatic carboxylic acids is 1. The molecule has 4 atom stereocenters. The minimum absolute atomic E-state index is 0.0626. The summed E-state index contributed by atoms with van der Waals surface area (Å²) in [6.07, 6.45) is 0.432. The summed E-state index contributed by atoms with van der Waals surface area (Å²) in [7, 11) is 0. The molecule has 0 spiro atoms. The van der Waals surface area contributed by atoms with E-state index in [-0.39, 0.29) is 13.0 Å². The van der Waals surface area contributed by atoms with Gasteiger partial charge in [0.05, 0.1) is 18.2 Å². The van der Waals surface area contributed by atoms with Gasteiger partial charge in [-0.3, -0.25) is 4.79 Å². The summed E-state index contributed by atoms with van der Waals surface area (Å²) >= 11 is 0. The summed E-state index contributed by atoms with van der Waals surface area (Å²) in [4.78, 5) is 22.3. The fourth-order valence-electron chi connectivity index (χ4n) is 2.08. The Morgan fingerprint density at radius 3 is 2.71 bits per heavy atom. The molecule has 21 heavy (non-hydrogen) atoms. The van der Waals surface area contributed by atoms with Gasteiger partial charge in [-0.1, -0.05) is 0 Å². The molecule has 0 aromatic rings. The molecule has 0 aromatic carbocycles. The van der Waals surface area contributed by atoms with E-state index < -0.39 is 41.9 Å². The van der Waals surface area contributed by atoms with Crippen LogP contribution in [0.4, 0.5) is 0 Å². The summed E-state index contributed by atoms with van der Waals surface area (Å²) in [6, 6.07) is -1.70. The minimum Gasteiger partial charge on any atom is -0.478 e. The van der Waals surface area contributed by atoms with E-state index >= 15 is 0 Å². The first-order chi connectivity index (χ1) is 9.90. The predicted octanol–water partition coefficient (Wildman–Crippen LogP) is -1.96. The van der Waals surface area contributed by atoms with Gasteiger partial charge in [-0.2, -0.15) is 5.26 Å². The Morgan fingerprint density at radius 1 is 1.57 bits per heavy atom. The third-order valence-electron chi connectivity index (χ3n) is 2.95. The molecule has 1 aliphatic heterocycles. The molecule has 1 heterocycles. The molecule has 0 unspecified atom stereocenters. The van der Waals surface area contributed by atoms with Gasteiger partial charge in [0, 0.05) is 20.0 Å². The number of nitrogens with one attached hydrogen (secondary N) is 2. The van der Waals surface area contributed by atoms with Crippen LogP contribution in [0.5, 0.6) is 0 Å². The molecule has 1 aliphatic rings. The van der Waals surface area contributed by atoms with E-state index in [4.69, 9.17) is 20.2 Å². The zero-order chi connectivity index (χ0) is 16.0. The quantitative estimate of drug-likeness (QED) is 0.280. The molecule has 9 heteroatoms. The maximum absolute atomic E-state index is 11.3. The maximum atomic E-state index is 11.3. The van der Waals surface area contributed by atoms with Crippen molar-refractivity contribution in [1.29, 1.82) is 5.26 Å². The first-order valence-electron chi connectivity index (χ1n) is 6.23. The zero-order valence-corrected chi connectivity index (χ0v) is 11.3. The van der Waals surface area contributed by atoms with Gasteiger partial charge in [0.2, 0.25) is 11.7 Å². The normalized spacial score (nSPS) is 25.8. The lowest BCUT2D eigenvalue weighted by molar-refractivity contribution is -0.141. The van der Waals surface area contributed by atoms with E-state index in [1.54, 1.807) is 6.19 Å². The first-order valence-corrected chi connectivity index (χ1v) is 6.23. The number of hydrogen-bond donors (Lipinski definition) is 5. The van der Waals surface area contributed by atoms with Crippen LogP contribution in [-0.4, -0.2) is 58.1 Å². The number of nitrogens with zero attached hydrogens (tertiary/aromatic N) is 1. The Morgan fingerprint density at radius 2 is 2.24 bits per heavy atom. The zero-order valence-electron chi connectivity index (χ0n) is 11.3. The molecule has 0 radical (unpaired) electrons. The standard InChI is InChI=1S/C12H17N3O6/c1-6(17)15-10-7(14-5-13)4-9(12(19)20)21-11(10)8(18)2-3-16/h4,7-8,10-11,14,16,18H,2-3H2,1H3,(H,15,17)(H,19,20)/t7-,8+,10+,11-/m0/s1. The molecule has 5 N–H and O–H groups in total. The summed E-state index contributed by atoms with van der Waals surface area (Å²) in [6.45, 7) is 0.908. The second kappa shape index (κ2) is 7.47. The fraction of sp³-hybridized carbons (Fsp3) is 0.583. The molecule has 0 saturated carbocycles. The number of aliphatic hydroxyl groups excluding tert-OH is 2. The third kappa shape index (κ3) is 4.34. The number of carbonyl (C=O) groups excluding carboxylic acids is 1. The molecular weight excluding hydrogens is 282 g/mol. The van der Waals surface area contributed by atoms with Crippen molar-refractivity contribution >= 4 is 11.9 Å². The van der Waals surface area contributed by atoms with Gasteiger partial charge in [0.25, 0.3) is 0 Å². The molecule has 1 rings (SSSR count). The predicted molar refractivity (Wildman–Crippen MR) is 68.4 cm³/mol. The van der Waals surface area contributed by atoms with Crippen molar-refractivity contribution < 1.29 is 29.6 Å². The number of carboxylic acid groups (broad SMARTS) is 1. The van der Waals surface area contributed by atoms with E-state index in [1.807, 2.05) is 0 Å². The van der Waals surface area contributed by atoms with Crippen LogP contribution in [0.2, 0.25) is 0 Å². The lowest BCUT2D eigenvalue weighted by Crippen LogP contribution is -2.60. The van der Waals surface area contributed by atoms with Crippen molar-refractivity contribution in [1.82, 2.24) is 10.6 Å². The number of rotatable bonds is 6. The van der Waals surface area contributed by atoms with Gasteiger partial charge < -0.3 is 30.7 Å². The highest BCUT2D eigenvalue weighted by atomic mass is 16.5. The highest BCUT2D eigenvalue weighted by Gasteiger charge is 2.41. The van der Waals surface area contributed by atoms with Crippen LogP contribution < -0.4 is 10.6 Å². The van der Waals surface area contributed by atoms with Crippen LogP contribution in [0.15, 0.2) is 11.8 Å². The Labute approximate surface area is 120 Å². The van der Waals surface area contributed by atoms with Crippen LogP contribution in [0, 0.1) is 11.5 Å². The number of amides is 1. The van der Waals surface area contributed by atoms with Gasteiger partial charge in [-0.05, 0) is 6.08 Å². The maximum Gasteiger partial charge on any atom is 0.370 e. The molecule has 116 valence electrons. The van der Waals surface area contributed by atoms with E-state index in [2.05, 4.69) is 10.6 Å². The molecule has 0 saturated heterocycles. The second-order valence-corrected chi connectivity index (χ2v) is 4.51. The molecule has 0 aromatic heterocycles. The van der Waals surface area contributed by atoms with Crippen LogP contribution in [0.3, 0.4) is 0 Å². The van der Waals surface area contributed by atoms with Crippen LogP contribution in [0.1, 0.15) is 13.3 Å². The number of carbonyl (C=O) groups is 2. The third-order valence-corrected chi connectivity index (χ3v) is 2.95. The van der Waals surface area contributed by atoms with Gasteiger partial charge in [0.15, 0.2) is 6.19 Å². The number of ether oxygens (including phenoxy) is 1. The van der Waals surface area contributed by atoms with Crippen molar-refractivity contribution in [3.63, 3.8) is 0 Å². The first kappa shape index (κ1) is 16.7. The van der Waals surface area contributed by atoms with Gasteiger partial charge in [-0.15, -0.1) is 0 Å². The van der Waals surface area contributed by atoms with Gasteiger partial charge >= 0.3 is 5.97 Å². The second-order valence-electron chi connectivity index (χ2n) is 4.51. The monoisotopic (exact) mass is 299 g/mol. The Balaban J connectivity index is 3.11. The average Bonchev–Trinajstić information content (AvgIpc) is 2.40. The minimum atomic E-state index is -1.36. The molecule has 1 amide bonds. The van der Waals surface area contributed by atoms with E-state index in [0.29, 0.717) is 0 Å². The van der Waals surface area contributed by atoms with Crippen molar-refractivity contribution in [3.05, 3.63) is 11.8 Å². The number of nitriles is 1. The van der Waals surface area contributed by atoms with Crippen molar-refractivity contribution in [2.24, 2.45) is 0 Å². The summed E-state index contributed by atoms with van der Waals surface area (Å²) in [5.41, 5.74) is 0. The molecule has 0 bridgehead atoms. The number of hydrogen-bond acceptors (Lipinski definition) is 7. The van der Waals surface area contributed by atoms with Crippen LogP contribution in [-0.2, 0) is 14.3 Å². The lowest BCUT2D eigenvalue weighted by Gasteiger charge is -2.38. The van der Waals surface area contributed by atoms with Crippen molar-refractivity contribution in [2.75, 3.05) is 6.61 Å². The Bertz CT molecular complexity index is 472. The number of aliphatic hydroxyl groups is 2. The Hall–Kier alpha value is -2.31. The van der Waals surface area contributed by atoms with Crippen LogP contribution in [0.25, 0.3) is 0 Å². The van der Waals surface area contributed by atoms with Gasteiger partial charge in [-0.25, -0.2) is 4.79 Å². The molecule has 0 fully saturated rings. The Kier molecular flexibility index (Phi) is 5.95. The molecule has 0 aliphatic carbocycles. The van der Waals surface area contributed by atoms with E-state index in [1.165, 1.54) is 6.92 Å². The largest absolute Gasteiger partial charge is 0.478 e. The van der Waals surface area contributed by atoms with Gasteiger partial charge in [0.1, 0.15) is 6.10 Å². The molecular formula is C12H17N3O6. The smallest absolute Gasteiger partial charge is 0.370 e. The highest BCUT2D eigenvalue weighted by molar-refractivity contribution is 5.84. The van der Waals surface area contributed by atoms with Crippen molar-refractivity contribution in [2.45, 2.75) is 37.6 Å². The average molecular weight is 299 g/mol. The summed E-state index contributed by atoms with van der Waals surface area (Å²) in [5.74, 6) is -2.23. The number of carboxylic acids is 1. The molecule has 9 nitrogen and oxygen atoms in total. The topological polar surface area (TPSA) is 152 Å². The van der Waals surface area contributed by atoms with E-state index in [9.17, 15) is 14.7 Å². The SMILES string of the molecule is CC(=O)N[C@H]1[C@H]([C@H](O)CCO)OC(C(=O)O)=C[C@@H]1NC#N. The summed E-state index contributed by atoms with van der Waals surface area (Å²) in [5, 5.41) is 41.4. The van der Waals surface area contributed by atoms with Crippen LogP contribution >= 0.6 is 0 Å².